The number of rotatable bonds is 5. The Kier molecular flexibility index (Phi) is 5.41. The van der Waals surface area contributed by atoms with Crippen molar-refractivity contribution < 1.29 is 9.90 Å². The van der Waals surface area contributed by atoms with E-state index in [0.717, 1.165) is 0 Å². The van der Waals surface area contributed by atoms with Gasteiger partial charge < -0.3 is 15.7 Å². The molecule has 1 atom stereocenters. The largest absolute Gasteiger partial charge is 0.386 e. The summed E-state index contributed by atoms with van der Waals surface area (Å²) in [7, 11) is 1.73. The van der Waals surface area contributed by atoms with E-state index in [1.165, 1.54) is 11.3 Å². The van der Waals surface area contributed by atoms with Gasteiger partial charge in [-0.15, -0.1) is 11.3 Å². The third-order valence-electron chi connectivity index (χ3n) is 2.74. The Balaban J connectivity index is 2.00. The van der Waals surface area contributed by atoms with Crippen molar-refractivity contribution >= 4 is 45.6 Å². The van der Waals surface area contributed by atoms with Crippen LogP contribution in [-0.4, -0.2) is 29.6 Å². The van der Waals surface area contributed by atoms with Crippen molar-refractivity contribution in [3.63, 3.8) is 0 Å². The predicted octanol–water partition coefficient (Wildman–Crippen LogP) is 2.96. The van der Waals surface area contributed by atoms with Crippen LogP contribution in [0.3, 0.4) is 0 Å². The van der Waals surface area contributed by atoms with E-state index < -0.39 is 6.10 Å². The third kappa shape index (κ3) is 3.85. The van der Waals surface area contributed by atoms with Crippen molar-refractivity contribution in [2.45, 2.75) is 6.10 Å². The molecular formula is C13H13Cl2N3O2S. The second-order valence-corrected chi connectivity index (χ2v) is 5.82. The Bertz CT molecular complexity index is 628. The van der Waals surface area contributed by atoms with Crippen molar-refractivity contribution in [1.82, 2.24) is 10.3 Å². The van der Waals surface area contributed by atoms with Crippen LogP contribution in [0.15, 0.2) is 23.6 Å². The number of hydrogen-bond donors (Lipinski definition) is 3. The fourth-order valence-corrected chi connectivity index (χ4v) is 3.01. The summed E-state index contributed by atoms with van der Waals surface area (Å²) >= 11 is 13.3. The molecule has 8 heteroatoms. The normalized spacial score (nSPS) is 12.0. The number of amides is 1. The number of thiazole rings is 1. The van der Waals surface area contributed by atoms with E-state index in [2.05, 4.69) is 15.6 Å². The first-order valence-electron chi connectivity index (χ1n) is 6.06. The molecule has 1 amide bonds. The molecule has 0 bridgehead atoms. The zero-order chi connectivity index (χ0) is 15.4. The van der Waals surface area contributed by atoms with Gasteiger partial charge in [-0.25, -0.2) is 4.98 Å². The Hall–Kier alpha value is -1.34. The van der Waals surface area contributed by atoms with Crippen molar-refractivity contribution in [2.24, 2.45) is 0 Å². The molecular weight excluding hydrogens is 333 g/mol. The van der Waals surface area contributed by atoms with Crippen LogP contribution < -0.4 is 10.6 Å². The summed E-state index contributed by atoms with van der Waals surface area (Å²) in [5.41, 5.74) is 0.692. The number of anilines is 1. The van der Waals surface area contributed by atoms with E-state index in [1.807, 2.05) is 0 Å². The molecule has 1 aromatic heterocycles. The lowest BCUT2D eigenvalue weighted by molar-refractivity contribution is 0.0912. The molecule has 0 saturated heterocycles. The van der Waals surface area contributed by atoms with Gasteiger partial charge in [-0.05, 0) is 12.1 Å². The van der Waals surface area contributed by atoms with E-state index >= 15 is 0 Å². The summed E-state index contributed by atoms with van der Waals surface area (Å²) in [5.74, 6) is -0.366. The highest BCUT2D eigenvalue weighted by molar-refractivity contribution is 7.13. The van der Waals surface area contributed by atoms with Crippen LogP contribution in [0.25, 0.3) is 0 Å². The van der Waals surface area contributed by atoms with Gasteiger partial charge in [-0.2, -0.15) is 0 Å². The molecule has 0 radical (unpaired) electrons. The van der Waals surface area contributed by atoms with E-state index in [1.54, 1.807) is 30.6 Å². The average molecular weight is 346 g/mol. The van der Waals surface area contributed by atoms with Crippen molar-refractivity contribution in [1.29, 1.82) is 0 Å². The quantitative estimate of drug-likeness (QED) is 0.778. The minimum absolute atomic E-state index is 0.00526. The van der Waals surface area contributed by atoms with Crippen LogP contribution in [0.4, 0.5) is 5.13 Å². The minimum Gasteiger partial charge on any atom is -0.386 e. The Morgan fingerprint density at radius 1 is 1.43 bits per heavy atom. The molecule has 112 valence electrons. The fraction of sp³-hybridized carbons (Fsp3) is 0.231. The molecule has 21 heavy (non-hydrogen) atoms. The molecule has 0 aliphatic rings. The SMILES string of the molecule is CNc1nc(C(=O)NCC(O)c2c(Cl)cccc2Cl)cs1. The van der Waals surface area contributed by atoms with Gasteiger partial charge >= 0.3 is 0 Å². The van der Waals surface area contributed by atoms with E-state index in [4.69, 9.17) is 23.2 Å². The number of aliphatic hydroxyl groups excluding tert-OH is 1. The monoisotopic (exact) mass is 345 g/mol. The van der Waals surface area contributed by atoms with Gasteiger partial charge in [0.2, 0.25) is 0 Å². The maximum absolute atomic E-state index is 11.9. The summed E-state index contributed by atoms with van der Waals surface area (Å²) in [4.78, 5) is 16.0. The summed E-state index contributed by atoms with van der Waals surface area (Å²) < 4.78 is 0. The minimum atomic E-state index is -0.988. The topological polar surface area (TPSA) is 74.2 Å². The zero-order valence-electron chi connectivity index (χ0n) is 11.1. The number of benzene rings is 1. The molecule has 3 N–H and O–H groups in total. The van der Waals surface area contributed by atoms with E-state index in [-0.39, 0.29) is 12.5 Å². The Morgan fingerprint density at radius 2 is 2.10 bits per heavy atom. The first-order chi connectivity index (χ1) is 10.0. The predicted molar refractivity (Wildman–Crippen MR) is 85.4 cm³/mol. The Labute approximate surface area is 135 Å². The molecule has 5 nitrogen and oxygen atoms in total. The van der Waals surface area contributed by atoms with Crippen LogP contribution in [0.1, 0.15) is 22.2 Å². The summed E-state index contributed by atoms with van der Waals surface area (Å²) in [5, 5.41) is 18.6. The second kappa shape index (κ2) is 7.09. The molecule has 1 aromatic carbocycles. The van der Waals surface area contributed by atoms with Gasteiger partial charge in [0.05, 0.1) is 6.10 Å². The first-order valence-corrected chi connectivity index (χ1v) is 7.70. The maximum Gasteiger partial charge on any atom is 0.270 e. The summed E-state index contributed by atoms with van der Waals surface area (Å²) in [6.45, 7) is -0.00526. The van der Waals surface area contributed by atoms with Crippen LogP contribution in [-0.2, 0) is 0 Å². The van der Waals surface area contributed by atoms with Gasteiger partial charge in [0.15, 0.2) is 5.13 Å². The number of halogens is 2. The highest BCUT2D eigenvalue weighted by atomic mass is 35.5. The first kappa shape index (κ1) is 16.0. The smallest absolute Gasteiger partial charge is 0.270 e. The van der Waals surface area contributed by atoms with Gasteiger partial charge in [-0.1, -0.05) is 29.3 Å². The average Bonchev–Trinajstić information content (AvgIpc) is 2.93. The second-order valence-electron chi connectivity index (χ2n) is 4.15. The van der Waals surface area contributed by atoms with Crippen molar-refractivity contribution in [3.05, 3.63) is 44.9 Å². The number of carbonyl (C=O) groups excluding carboxylic acids is 1. The van der Waals surface area contributed by atoms with Crippen LogP contribution in [0, 0.1) is 0 Å². The summed E-state index contributed by atoms with van der Waals surface area (Å²) in [6, 6.07) is 4.95. The molecule has 0 spiro atoms. The number of hydrogen-bond acceptors (Lipinski definition) is 5. The number of nitrogens with one attached hydrogen (secondary N) is 2. The van der Waals surface area contributed by atoms with Crippen LogP contribution in [0.2, 0.25) is 10.0 Å². The van der Waals surface area contributed by atoms with E-state index in [0.29, 0.717) is 26.4 Å². The number of aromatic nitrogens is 1. The molecule has 0 aliphatic carbocycles. The fourth-order valence-electron chi connectivity index (χ4n) is 1.70. The van der Waals surface area contributed by atoms with Crippen molar-refractivity contribution in [2.75, 3.05) is 18.9 Å². The standard InChI is InChI=1S/C13H13Cl2N3O2S/c1-16-13-18-9(6-21-13)12(20)17-5-10(19)11-7(14)3-2-4-8(11)15/h2-4,6,10,19H,5H2,1H3,(H,16,18)(H,17,20). The molecule has 2 aromatic rings. The molecule has 0 fully saturated rings. The molecule has 0 aliphatic heterocycles. The molecule has 0 saturated carbocycles. The van der Waals surface area contributed by atoms with Crippen molar-refractivity contribution in [3.8, 4) is 0 Å². The maximum atomic E-state index is 11.9. The third-order valence-corrected chi connectivity index (χ3v) is 4.26. The molecule has 1 unspecified atom stereocenters. The van der Waals surface area contributed by atoms with Gasteiger partial charge in [0.25, 0.3) is 5.91 Å². The van der Waals surface area contributed by atoms with Gasteiger partial charge in [0, 0.05) is 34.6 Å². The Morgan fingerprint density at radius 3 is 2.67 bits per heavy atom. The molecule has 1 heterocycles. The van der Waals surface area contributed by atoms with Crippen LogP contribution in [0.5, 0.6) is 0 Å². The lowest BCUT2D eigenvalue weighted by atomic mass is 10.1. The number of carbonyl (C=O) groups is 1. The van der Waals surface area contributed by atoms with Gasteiger partial charge in [0.1, 0.15) is 5.69 Å². The van der Waals surface area contributed by atoms with Crippen LogP contribution >= 0.6 is 34.5 Å². The number of nitrogens with zero attached hydrogens (tertiary/aromatic N) is 1. The lowest BCUT2D eigenvalue weighted by Crippen LogP contribution is -2.28. The zero-order valence-corrected chi connectivity index (χ0v) is 13.4. The van der Waals surface area contributed by atoms with Gasteiger partial charge in [-0.3, -0.25) is 4.79 Å². The molecule has 2 rings (SSSR count). The van der Waals surface area contributed by atoms with E-state index in [9.17, 15) is 9.90 Å². The summed E-state index contributed by atoms with van der Waals surface area (Å²) in [6.07, 6.45) is -0.988. The highest BCUT2D eigenvalue weighted by Gasteiger charge is 2.17. The lowest BCUT2D eigenvalue weighted by Gasteiger charge is -2.14. The highest BCUT2D eigenvalue weighted by Crippen LogP contribution is 2.29. The number of aliphatic hydroxyl groups is 1.